The SMILES string of the molecule is C[Si]1(C)c2ccccc2-c2cc(N(c3ccc(-c4ccc5c(c4)[Si](C)(C)c4ccccc4-5)cc3)c3ccc(-c4cccc5ccccc45)cc3)ccc21. The van der Waals surface area contributed by atoms with Gasteiger partial charge >= 0.3 is 0 Å². The lowest BCUT2D eigenvalue weighted by atomic mass is 9.98. The molecule has 2 aliphatic heterocycles. The van der Waals surface area contributed by atoms with Crippen LogP contribution in [-0.2, 0) is 0 Å². The van der Waals surface area contributed by atoms with E-state index in [9.17, 15) is 0 Å². The highest BCUT2D eigenvalue weighted by Crippen LogP contribution is 2.40. The minimum atomic E-state index is -1.76. The fourth-order valence-corrected chi connectivity index (χ4v) is 15.4. The van der Waals surface area contributed by atoms with Crippen LogP contribution in [0.1, 0.15) is 0 Å². The maximum Gasteiger partial charge on any atom is 0.113 e. The lowest BCUT2D eigenvalue weighted by Crippen LogP contribution is -2.49. The van der Waals surface area contributed by atoms with Crippen molar-refractivity contribution in [3.05, 3.63) is 176 Å². The Kier molecular flexibility index (Phi) is 7.17. The van der Waals surface area contributed by atoms with Gasteiger partial charge in [0.1, 0.15) is 16.1 Å². The van der Waals surface area contributed by atoms with Crippen LogP contribution in [0, 0.1) is 0 Å². The maximum absolute atomic E-state index is 2.49. The molecule has 0 bridgehead atoms. The second-order valence-electron chi connectivity index (χ2n) is 15.8. The molecule has 0 fully saturated rings. The molecule has 0 atom stereocenters. The number of nitrogens with zero attached hydrogens (tertiary/aromatic N) is 1. The van der Waals surface area contributed by atoms with Crippen molar-refractivity contribution >= 4 is 64.7 Å². The van der Waals surface area contributed by atoms with Crippen molar-refractivity contribution in [3.8, 4) is 44.5 Å². The van der Waals surface area contributed by atoms with E-state index in [1.807, 2.05) is 0 Å². The van der Waals surface area contributed by atoms with Gasteiger partial charge in [0.15, 0.2) is 0 Å². The normalized spacial score (nSPS) is 14.3. The largest absolute Gasteiger partial charge is 0.310 e. The van der Waals surface area contributed by atoms with Crippen molar-refractivity contribution in [2.45, 2.75) is 26.2 Å². The van der Waals surface area contributed by atoms with Gasteiger partial charge in [-0.15, -0.1) is 0 Å². The summed E-state index contributed by atoms with van der Waals surface area (Å²) in [7, 11) is -3.52. The maximum atomic E-state index is 2.49. The molecule has 0 saturated heterocycles. The first-order valence-corrected chi connectivity index (χ1v) is 24.8. The van der Waals surface area contributed by atoms with Crippen molar-refractivity contribution < 1.29 is 0 Å². The Morgan fingerprint density at radius 3 is 1.53 bits per heavy atom. The molecular formula is C50H41NSi2. The van der Waals surface area contributed by atoms with Gasteiger partial charge in [-0.25, -0.2) is 0 Å². The first-order valence-electron chi connectivity index (χ1n) is 18.8. The molecule has 10 rings (SSSR count). The van der Waals surface area contributed by atoms with Crippen LogP contribution in [0.25, 0.3) is 55.3 Å². The monoisotopic (exact) mass is 711 g/mol. The van der Waals surface area contributed by atoms with Gasteiger partial charge in [0.05, 0.1) is 0 Å². The third kappa shape index (κ3) is 4.95. The first kappa shape index (κ1) is 31.9. The molecule has 2 aliphatic rings. The van der Waals surface area contributed by atoms with E-state index < -0.39 is 16.1 Å². The van der Waals surface area contributed by atoms with Crippen LogP contribution in [0.3, 0.4) is 0 Å². The van der Waals surface area contributed by atoms with Crippen LogP contribution in [0.5, 0.6) is 0 Å². The average Bonchev–Trinajstić information content (AvgIpc) is 3.57. The summed E-state index contributed by atoms with van der Waals surface area (Å²) >= 11 is 0. The number of rotatable bonds is 5. The zero-order valence-corrected chi connectivity index (χ0v) is 32.7. The fourth-order valence-electron chi connectivity index (χ4n) is 9.25. The molecule has 3 heteroatoms. The summed E-state index contributed by atoms with van der Waals surface area (Å²) in [4.78, 5) is 2.43. The minimum absolute atomic E-state index is 1.15. The molecule has 0 radical (unpaired) electrons. The molecule has 2 heterocycles. The molecule has 0 unspecified atom stereocenters. The highest BCUT2D eigenvalue weighted by Gasteiger charge is 2.38. The molecule has 8 aromatic carbocycles. The Labute approximate surface area is 314 Å². The third-order valence-corrected chi connectivity index (χ3v) is 19.2. The van der Waals surface area contributed by atoms with E-state index in [4.69, 9.17) is 0 Å². The van der Waals surface area contributed by atoms with E-state index in [2.05, 4.69) is 207 Å². The summed E-state index contributed by atoms with van der Waals surface area (Å²) in [5.41, 5.74) is 14.1. The van der Waals surface area contributed by atoms with E-state index in [0.717, 1.165) is 11.4 Å². The van der Waals surface area contributed by atoms with Gasteiger partial charge in [0, 0.05) is 17.1 Å². The van der Waals surface area contributed by atoms with Crippen molar-refractivity contribution in [2.75, 3.05) is 4.90 Å². The van der Waals surface area contributed by atoms with E-state index in [1.165, 1.54) is 76.5 Å². The van der Waals surface area contributed by atoms with Gasteiger partial charge in [-0.1, -0.05) is 166 Å². The number of hydrogen-bond acceptors (Lipinski definition) is 1. The molecule has 0 amide bonds. The van der Waals surface area contributed by atoms with Crippen LogP contribution in [0.4, 0.5) is 17.1 Å². The van der Waals surface area contributed by atoms with E-state index in [1.54, 1.807) is 5.19 Å². The standard InChI is InChI=1S/C50H41NSi2/c1-52(2)48-19-10-8-16-44(48)46-33-40(29-31-49(46)52)51(39-27-22-36(23-28-39)42-17-11-13-35-12-5-6-14-41(35)42)38-25-20-34(21-26-38)37-24-30-45-43-15-7-9-18-47(43)53(3,4)50(45)32-37/h5-33H,1-4H3. The number of benzene rings is 8. The summed E-state index contributed by atoms with van der Waals surface area (Å²) in [6.07, 6.45) is 0. The van der Waals surface area contributed by atoms with Crippen molar-refractivity contribution in [2.24, 2.45) is 0 Å². The highest BCUT2D eigenvalue weighted by atomic mass is 28.3. The molecule has 53 heavy (non-hydrogen) atoms. The Morgan fingerprint density at radius 2 is 0.811 bits per heavy atom. The van der Waals surface area contributed by atoms with Gasteiger partial charge in [0.25, 0.3) is 0 Å². The van der Waals surface area contributed by atoms with E-state index >= 15 is 0 Å². The van der Waals surface area contributed by atoms with Crippen molar-refractivity contribution in [3.63, 3.8) is 0 Å². The summed E-state index contributed by atoms with van der Waals surface area (Å²) in [5.74, 6) is 0. The zero-order valence-electron chi connectivity index (χ0n) is 30.7. The number of fused-ring (bicyclic) bond motifs is 7. The molecule has 0 aromatic heterocycles. The lowest BCUT2D eigenvalue weighted by Gasteiger charge is -2.27. The fraction of sp³-hybridized carbons (Fsp3) is 0.0800. The van der Waals surface area contributed by atoms with Gasteiger partial charge in [0.2, 0.25) is 0 Å². The Bertz CT molecular complexity index is 2720. The molecule has 1 nitrogen and oxygen atoms in total. The molecule has 0 spiro atoms. The van der Waals surface area contributed by atoms with Crippen LogP contribution in [-0.4, -0.2) is 16.1 Å². The quantitative estimate of drug-likeness (QED) is 0.161. The van der Waals surface area contributed by atoms with Crippen LogP contribution >= 0.6 is 0 Å². The Balaban J connectivity index is 1.07. The smallest absolute Gasteiger partial charge is 0.113 e. The predicted octanol–water partition coefficient (Wildman–Crippen LogP) is 11.2. The predicted molar refractivity (Wildman–Crippen MR) is 234 cm³/mol. The Hall–Kier alpha value is -5.75. The molecule has 0 aliphatic carbocycles. The minimum Gasteiger partial charge on any atom is -0.310 e. The topological polar surface area (TPSA) is 3.24 Å². The number of anilines is 3. The molecule has 0 N–H and O–H groups in total. The van der Waals surface area contributed by atoms with Crippen LogP contribution in [0.15, 0.2) is 176 Å². The summed E-state index contributed by atoms with van der Waals surface area (Å²) < 4.78 is 0. The van der Waals surface area contributed by atoms with Crippen molar-refractivity contribution in [1.82, 2.24) is 0 Å². The number of hydrogen-bond donors (Lipinski definition) is 0. The lowest BCUT2D eigenvalue weighted by molar-refractivity contribution is 1.29. The highest BCUT2D eigenvalue weighted by molar-refractivity contribution is 7.04. The molecular weight excluding hydrogens is 671 g/mol. The van der Waals surface area contributed by atoms with E-state index in [0.29, 0.717) is 0 Å². The first-order chi connectivity index (χ1) is 25.8. The molecule has 0 saturated carbocycles. The second kappa shape index (κ2) is 11.9. The van der Waals surface area contributed by atoms with Gasteiger partial charge < -0.3 is 4.90 Å². The van der Waals surface area contributed by atoms with Crippen LogP contribution < -0.4 is 25.6 Å². The average molecular weight is 712 g/mol. The van der Waals surface area contributed by atoms with E-state index in [-0.39, 0.29) is 0 Å². The Morgan fingerprint density at radius 1 is 0.321 bits per heavy atom. The summed E-state index contributed by atoms with van der Waals surface area (Å²) in [6.45, 7) is 9.96. The third-order valence-electron chi connectivity index (χ3n) is 12.1. The van der Waals surface area contributed by atoms with Crippen molar-refractivity contribution in [1.29, 1.82) is 0 Å². The van der Waals surface area contributed by atoms with Gasteiger partial charge in [-0.3, -0.25) is 0 Å². The zero-order chi connectivity index (χ0) is 35.9. The molecule has 8 aromatic rings. The summed E-state index contributed by atoms with van der Waals surface area (Å²) in [6, 6.07) is 66.0. The molecule has 254 valence electrons. The van der Waals surface area contributed by atoms with Gasteiger partial charge in [-0.05, 0) is 112 Å². The van der Waals surface area contributed by atoms with Crippen LogP contribution in [0.2, 0.25) is 26.2 Å². The second-order valence-corrected chi connectivity index (χ2v) is 24.4. The van der Waals surface area contributed by atoms with Gasteiger partial charge in [-0.2, -0.15) is 0 Å². The summed E-state index contributed by atoms with van der Waals surface area (Å²) in [5, 5.41) is 8.69.